The van der Waals surface area contributed by atoms with E-state index in [1.165, 1.54) is 38.8 Å². The van der Waals surface area contributed by atoms with Crippen molar-refractivity contribution in [3.63, 3.8) is 0 Å². The molecule has 5 nitrogen and oxygen atoms in total. The van der Waals surface area contributed by atoms with Gasteiger partial charge in [-0.2, -0.15) is 0 Å². The van der Waals surface area contributed by atoms with Crippen LogP contribution >= 0.6 is 0 Å². The molecule has 1 aromatic rings. The van der Waals surface area contributed by atoms with Crippen molar-refractivity contribution in [3.8, 4) is 5.75 Å². The number of hydrogen-bond acceptors (Lipinski definition) is 4. The standard InChI is InChI=1S/C18H28N2O3/c1-19(12-13-20-10-4-2-3-5-11-20)14-15-23-17-8-6-16(7-9-17)18(21)22/h6-9H,2-5,10-15H2,1H3,(H,21,22). The molecule has 1 saturated heterocycles. The summed E-state index contributed by atoms with van der Waals surface area (Å²) < 4.78 is 5.67. The lowest BCUT2D eigenvalue weighted by Crippen LogP contribution is -2.35. The minimum absolute atomic E-state index is 0.284. The van der Waals surface area contributed by atoms with E-state index in [-0.39, 0.29) is 5.56 Å². The number of likely N-dealkylation sites (N-methyl/N-ethyl adjacent to an activating group) is 1. The number of hydrogen-bond donors (Lipinski definition) is 1. The smallest absolute Gasteiger partial charge is 0.335 e. The molecule has 128 valence electrons. The highest BCUT2D eigenvalue weighted by Gasteiger charge is 2.09. The summed E-state index contributed by atoms with van der Waals surface area (Å²) in [5.41, 5.74) is 0.284. The number of benzene rings is 1. The van der Waals surface area contributed by atoms with Gasteiger partial charge in [-0.1, -0.05) is 12.8 Å². The Hall–Kier alpha value is -1.59. The van der Waals surface area contributed by atoms with E-state index in [0.717, 1.165) is 25.4 Å². The second-order valence-corrected chi connectivity index (χ2v) is 6.24. The monoisotopic (exact) mass is 320 g/mol. The molecule has 1 aliphatic heterocycles. The number of carboxylic acids is 1. The Bertz CT molecular complexity index is 468. The molecular weight excluding hydrogens is 292 g/mol. The number of rotatable bonds is 8. The van der Waals surface area contributed by atoms with E-state index in [4.69, 9.17) is 9.84 Å². The Morgan fingerprint density at radius 3 is 2.39 bits per heavy atom. The van der Waals surface area contributed by atoms with Crippen LogP contribution in [-0.2, 0) is 0 Å². The molecule has 0 aliphatic carbocycles. The summed E-state index contributed by atoms with van der Waals surface area (Å²) in [6, 6.07) is 6.56. The molecule has 0 aromatic heterocycles. The van der Waals surface area contributed by atoms with E-state index in [9.17, 15) is 4.79 Å². The summed E-state index contributed by atoms with van der Waals surface area (Å²) in [6.45, 7) is 6.14. The summed E-state index contributed by atoms with van der Waals surface area (Å²) in [5, 5.41) is 8.86. The van der Waals surface area contributed by atoms with Crippen molar-refractivity contribution in [1.82, 2.24) is 9.80 Å². The number of carbonyl (C=O) groups is 1. The maximum atomic E-state index is 10.8. The van der Waals surface area contributed by atoms with E-state index in [1.807, 2.05) is 0 Å². The number of carboxylic acid groups (broad SMARTS) is 1. The Morgan fingerprint density at radius 1 is 1.13 bits per heavy atom. The molecule has 1 N–H and O–H groups in total. The minimum Gasteiger partial charge on any atom is -0.492 e. The Balaban J connectivity index is 1.62. The normalized spacial score (nSPS) is 16.3. The molecule has 0 saturated carbocycles. The molecule has 0 bridgehead atoms. The first-order chi connectivity index (χ1) is 11.1. The van der Waals surface area contributed by atoms with Crippen LogP contribution in [0.2, 0.25) is 0 Å². The van der Waals surface area contributed by atoms with Crippen LogP contribution in [-0.4, -0.2) is 67.3 Å². The van der Waals surface area contributed by atoms with Gasteiger partial charge in [-0.25, -0.2) is 4.79 Å². The summed E-state index contributed by atoms with van der Waals surface area (Å²) in [4.78, 5) is 15.6. The van der Waals surface area contributed by atoms with Crippen molar-refractivity contribution in [2.75, 3.05) is 46.4 Å². The third-order valence-electron chi connectivity index (χ3n) is 4.34. The van der Waals surface area contributed by atoms with Gasteiger partial charge in [-0.15, -0.1) is 0 Å². The molecular formula is C18H28N2O3. The maximum Gasteiger partial charge on any atom is 0.335 e. The van der Waals surface area contributed by atoms with Gasteiger partial charge < -0.3 is 19.6 Å². The van der Waals surface area contributed by atoms with Crippen LogP contribution in [0.15, 0.2) is 24.3 Å². The van der Waals surface area contributed by atoms with Gasteiger partial charge in [0.2, 0.25) is 0 Å². The number of ether oxygens (including phenoxy) is 1. The van der Waals surface area contributed by atoms with Gasteiger partial charge >= 0.3 is 5.97 Å². The quantitative estimate of drug-likeness (QED) is 0.798. The molecule has 0 unspecified atom stereocenters. The SMILES string of the molecule is CN(CCOc1ccc(C(=O)O)cc1)CCN1CCCCCC1. The average Bonchev–Trinajstić information content (AvgIpc) is 2.82. The average molecular weight is 320 g/mol. The van der Waals surface area contributed by atoms with E-state index < -0.39 is 5.97 Å². The van der Waals surface area contributed by atoms with E-state index in [1.54, 1.807) is 24.3 Å². The zero-order valence-corrected chi connectivity index (χ0v) is 14.0. The molecule has 0 radical (unpaired) electrons. The zero-order chi connectivity index (χ0) is 16.5. The van der Waals surface area contributed by atoms with Gasteiger partial charge in [0.1, 0.15) is 12.4 Å². The number of nitrogens with zero attached hydrogens (tertiary/aromatic N) is 2. The summed E-state index contributed by atoms with van der Waals surface area (Å²) in [7, 11) is 2.12. The summed E-state index contributed by atoms with van der Waals surface area (Å²) >= 11 is 0. The van der Waals surface area contributed by atoms with Crippen molar-refractivity contribution in [2.45, 2.75) is 25.7 Å². The third-order valence-corrected chi connectivity index (χ3v) is 4.34. The first kappa shape index (κ1) is 17.8. The van der Waals surface area contributed by atoms with Crippen LogP contribution in [0.5, 0.6) is 5.75 Å². The fourth-order valence-electron chi connectivity index (χ4n) is 2.80. The molecule has 0 amide bonds. The molecule has 1 fully saturated rings. The van der Waals surface area contributed by atoms with E-state index in [2.05, 4.69) is 16.8 Å². The van der Waals surface area contributed by atoms with E-state index >= 15 is 0 Å². The summed E-state index contributed by atoms with van der Waals surface area (Å²) in [6.07, 6.45) is 5.42. The molecule has 1 aromatic carbocycles. The van der Waals surface area contributed by atoms with Gasteiger partial charge in [-0.3, -0.25) is 0 Å². The first-order valence-corrected chi connectivity index (χ1v) is 8.52. The fourth-order valence-corrected chi connectivity index (χ4v) is 2.80. The molecule has 1 heterocycles. The predicted molar refractivity (Wildman–Crippen MR) is 91.3 cm³/mol. The molecule has 0 spiro atoms. The second kappa shape index (κ2) is 9.53. The predicted octanol–water partition coefficient (Wildman–Crippen LogP) is 2.57. The summed E-state index contributed by atoms with van der Waals surface area (Å²) in [5.74, 6) is -0.194. The fraction of sp³-hybridized carbons (Fsp3) is 0.611. The van der Waals surface area contributed by atoms with E-state index in [0.29, 0.717) is 6.61 Å². The van der Waals surface area contributed by atoms with Crippen LogP contribution in [0.3, 0.4) is 0 Å². The largest absolute Gasteiger partial charge is 0.492 e. The van der Waals surface area contributed by atoms with Crippen molar-refractivity contribution < 1.29 is 14.6 Å². The number of likely N-dealkylation sites (tertiary alicyclic amines) is 1. The first-order valence-electron chi connectivity index (χ1n) is 8.52. The number of aromatic carboxylic acids is 1. The highest BCUT2D eigenvalue weighted by molar-refractivity contribution is 5.87. The van der Waals surface area contributed by atoms with Gasteiger partial charge in [0.25, 0.3) is 0 Å². The lowest BCUT2D eigenvalue weighted by Gasteiger charge is -2.24. The molecule has 5 heteroatoms. The minimum atomic E-state index is -0.912. The van der Waals surface area contributed by atoms with Crippen molar-refractivity contribution >= 4 is 5.97 Å². The highest BCUT2D eigenvalue weighted by Crippen LogP contribution is 2.12. The van der Waals surface area contributed by atoms with Crippen molar-refractivity contribution in [3.05, 3.63) is 29.8 Å². The van der Waals surface area contributed by atoms with Crippen molar-refractivity contribution in [2.24, 2.45) is 0 Å². The highest BCUT2D eigenvalue weighted by atomic mass is 16.5. The van der Waals surface area contributed by atoms with Crippen LogP contribution in [0.1, 0.15) is 36.0 Å². The van der Waals surface area contributed by atoms with Crippen LogP contribution in [0.4, 0.5) is 0 Å². The Kier molecular flexibility index (Phi) is 7.36. The van der Waals surface area contributed by atoms with Gasteiger partial charge in [0, 0.05) is 19.6 Å². The molecule has 23 heavy (non-hydrogen) atoms. The lowest BCUT2D eigenvalue weighted by atomic mass is 10.2. The Labute approximate surface area is 138 Å². The second-order valence-electron chi connectivity index (χ2n) is 6.24. The van der Waals surface area contributed by atoms with Gasteiger partial charge in [-0.05, 0) is 57.2 Å². The molecule has 2 rings (SSSR count). The molecule has 0 atom stereocenters. The third kappa shape index (κ3) is 6.59. The Morgan fingerprint density at radius 2 is 1.78 bits per heavy atom. The molecule has 1 aliphatic rings. The zero-order valence-electron chi connectivity index (χ0n) is 14.0. The van der Waals surface area contributed by atoms with Gasteiger partial charge in [0.15, 0.2) is 0 Å². The van der Waals surface area contributed by atoms with Crippen LogP contribution in [0, 0.1) is 0 Å². The lowest BCUT2D eigenvalue weighted by molar-refractivity contribution is 0.0697. The van der Waals surface area contributed by atoms with Crippen LogP contribution < -0.4 is 4.74 Å². The van der Waals surface area contributed by atoms with Crippen molar-refractivity contribution in [1.29, 1.82) is 0 Å². The van der Waals surface area contributed by atoms with Gasteiger partial charge in [0.05, 0.1) is 5.56 Å². The maximum absolute atomic E-state index is 10.8. The topological polar surface area (TPSA) is 53.0 Å². The van der Waals surface area contributed by atoms with Crippen LogP contribution in [0.25, 0.3) is 0 Å².